The number of benzene rings is 1. The average Bonchev–Trinajstić information content (AvgIpc) is 3.40. The van der Waals surface area contributed by atoms with Crippen LogP contribution in [0.3, 0.4) is 0 Å². The molecule has 1 aromatic carbocycles. The van der Waals surface area contributed by atoms with Gasteiger partial charge in [-0.25, -0.2) is 0 Å². The normalized spacial score (nSPS) is 10.5. The van der Waals surface area contributed by atoms with Crippen LogP contribution in [0.4, 0.5) is 0 Å². The molecule has 1 amide bonds. The molecule has 0 aliphatic rings. The van der Waals surface area contributed by atoms with Crippen LogP contribution in [0.2, 0.25) is 0 Å². The van der Waals surface area contributed by atoms with Crippen molar-refractivity contribution in [2.75, 3.05) is 14.2 Å². The molecule has 3 rings (SSSR count). The van der Waals surface area contributed by atoms with Gasteiger partial charge in [-0.05, 0) is 42.1 Å². The lowest BCUT2D eigenvalue weighted by Gasteiger charge is -2.22. The molecule has 6 heteroatoms. The minimum atomic E-state index is -0.101. The van der Waals surface area contributed by atoms with Crippen LogP contribution in [-0.4, -0.2) is 25.0 Å². The van der Waals surface area contributed by atoms with Crippen molar-refractivity contribution in [1.82, 2.24) is 4.90 Å². The Morgan fingerprint density at radius 3 is 2.68 bits per heavy atom. The molecule has 3 aromatic rings. The van der Waals surface area contributed by atoms with Crippen molar-refractivity contribution in [3.63, 3.8) is 0 Å². The molecule has 0 saturated carbocycles. The first-order valence-corrected chi connectivity index (χ1v) is 9.74. The van der Waals surface area contributed by atoms with Crippen molar-refractivity contribution in [3.05, 3.63) is 82.5 Å². The van der Waals surface area contributed by atoms with Crippen molar-refractivity contribution in [2.45, 2.75) is 19.5 Å². The molecule has 0 aliphatic carbocycles. The first-order valence-electron chi connectivity index (χ1n) is 8.86. The summed E-state index contributed by atoms with van der Waals surface area (Å²) in [5, 5.41) is 2.00. The van der Waals surface area contributed by atoms with Gasteiger partial charge in [0.25, 0.3) is 5.91 Å². The number of nitrogens with zero attached hydrogens (tertiary/aromatic N) is 1. The van der Waals surface area contributed by atoms with E-state index >= 15 is 0 Å². The number of amides is 1. The van der Waals surface area contributed by atoms with Gasteiger partial charge in [-0.2, -0.15) is 0 Å². The highest BCUT2D eigenvalue weighted by molar-refractivity contribution is 7.09. The summed E-state index contributed by atoms with van der Waals surface area (Å²) in [6, 6.07) is 11.2. The van der Waals surface area contributed by atoms with Gasteiger partial charge in [-0.15, -0.1) is 17.9 Å². The molecule has 5 nitrogen and oxygen atoms in total. The standard InChI is InChI=1S/C22H23NO4S/c1-4-7-16-12-17(13-20(25-2)21(16)26-3)22(24)23(14-18-8-5-10-27-18)15-19-9-6-11-28-19/h4-6,8-13H,1,7,14-15H2,2-3H3. The predicted octanol–water partition coefficient (Wildman–Crippen LogP) is 4.93. The van der Waals surface area contributed by atoms with Crippen molar-refractivity contribution in [1.29, 1.82) is 0 Å². The third-order valence-corrected chi connectivity index (χ3v) is 5.17. The third kappa shape index (κ3) is 4.46. The van der Waals surface area contributed by atoms with Crippen LogP contribution in [0.5, 0.6) is 11.5 Å². The van der Waals surface area contributed by atoms with Gasteiger partial charge in [-0.1, -0.05) is 12.1 Å². The topological polar surface area (TPSA) is 51.9 Å². The fourth-order valence-corrected chi connectivity index (χ4v) is 3.76. The molecule has 0 unspecified atom stereocenters. The number of allylic oxidation sites excluding steroid dienone is 1. The summed E-state index contributed by atoms with van der Waals surface area (Å²) < 4.78 is 16.4. The zero-order valence-electron chi connectivity index (χ0n) is 16.0. The van der Waals surface area contributed by atoms with Crippen molar-refractivity contribution in [3.8, 4) is 11.5 Å². The maximum Gasteiger partial charge on any atom is 0.254 e. The van der Waals surface area contributed by atoms with Crippen LogP contribution in [0.1, 0.15) is 26.6 Å². The Morgan fingerprint density at radius 1 is 1.21 bits per heavy atom. The average molecular weight is 397 g/mol. The lowest BCUT2D eigenvalue weighted by molar-refractivity contribution is 0.0719. The summed E-state index contributed by atoms with van der Waals surface area (Å²) in [6.07, 6.45) is 3.96. The lowest BCUT2D eigenvalue weighted by Crippen LogP contribution is -2.29. The number of hydrogen-bond donors (Lipinski definition) is 0. The second-order valence-electron chi connectivity index (χ2n) is 6.18. The van der Waals surface area contributed by atoms with Crippen LogP contribution in [0, 0.1) is 0 Å². The molecule has 0 bridgehead atoms. The highest BCUT2D eigenvalue weighted by Gasteiger charge is 2.22. The van der Waals surface area contributed by atoms with Gasteiger partial charge in [0.2, 0.25) is 0 Å². The Hall–Kier alpha value is -2.99. The number of rotatable bonds is 9. The maximum atomic E-state index is 13.4. The smallest absolute Gasteiger partial charge is 0.254 e. The number of furan rings is 1. The van der Waals surface area contributed by atoms with Gasteiger partial charge < -0.3 is 18.8 Å². The minimum absolute atomic E-state index is 0.101. The van der Waals surface area contributed by atoms with Gasteiger partial charge in [-0.3, -0.25) is 4.79 Å². The number of ether oxygens (including phenoxy) is 2. The zero-order valence-corrected chi connectivity index (χ0v) is 16.8. The highest BCUT2D eigenvalue weighted by atomic mass is 32.1. The Kier molecular flexibility index (Phi) is 6.55. The fraction of sp³-hybridized carbons (Fsp3) is 0.227. The van der Waals surface area contributed by atoms with Crippen molar-refractivity contribution >= 4 is 17.2 Å². The number of carbonyl (C=O) groups excluding carboxylic acids is 1. The summed E-state index contributed by atoms with van der Waals surface area (Å²) in [7, 11) is 3.15. The quantitative estimate of drug-likeness (QED) is 0.481. The summed E-state index contributed by atoms with van der Waals surface area (Å²) in [5.41, 5.74) is 1.40. The van der Waals surface area contributed by atoms with E-state index in [1.807, 2.05) is 35.7 Å². The molecular weight excluding hydrogens is 374 g/mol. The van der Waals surface area contributed by atoms with E-state index in [0.29, 0.717) is 36.6 Å². The van der Waals surface area contributed by atoms with Crippen LogP contribution < -0.4 is 9.47 Å². The van der Waals surface area contributed by atoms with E-state index in [4.69, 9.17) is 13.9 Å². The summed E-state index contributed by atoms with van der Waals surface area (Å²) in [4.78, 5) is 16.3. The molecular formula is C22H23NO4S. The van der Waals surface area contributed by atoms with Crippen LogP contribution in [-0.2, 0) is 19.5 Å². The van der Waals surface area contributed by atoms with E-state index in [1.165, 1.54) is 0 Å². The number of thiophene rings is 1. The number of methoxy groups -OCH3 is 2. The van der Waals surface area contributed by atoms with E-state index in [1.54, 1.807) is 48.9 Å². The molecule has 2 aromatic heterocycles. The molecule has 0 spiro atoms. The Labute approximate surface area is 168 Å². The van der Waals surface area contributed by atoms with Crippen LogP contribution >= 0.6 is 11.3 Å². The minimum Gasteiger partial charge on any atom is -0.493 e. The summed E-state index contributed by atoms with van der Waals surface area (Å²) >= 11 is 1.62. The molecule has 146 valence electrons. The maximum absolute atomic E-state index is 13.4. The second kappa shape index (κ2) is 9.28. The van der Waals surface area contributed by atoms with Crippen molar-refractivity contribution in [2.24, 2.45) is 0 Å². The van der Waals surface area contributed by atoms with Crippen LogP contribution in [0.15, 0.2) is 65.1 Å². The Balaban J connectivity index is 1.96. The zero-order chi connectivity index (χ0) is 19.9. The van der Waals surface area contributed by atoms with E-state index in [0.717, 1.165) is 16.2 Å². The second-order valence-corrected chi connectivity index (χ2v) is 7.22. The van der Waals surface area contributed by atoms with Gasteiger partial charge in [0.15, 0.2) is 11.5 Å². The molecule has 0 radical (unpaired) electrons. The van der Waals surface area contributed by atoms with Gasteiger partial charge in [0, 0.05) is 16.0 Å². The molecule has 28 heavy (non-hydrogen) atoms. The van der Waals surface area contributed by atoms with E-state index in [2.05, 4.69) is 6.58 Å². The third-order valence-electron chi connectivity index (χ3n) is 4.31. The largest absolute Gasteiger partial charge is 0.493 e. The molecule has 0 aliphatic heterocycles. The molecule has 0 fully saturated rings. The van der Waals surface area contributed by atoms with E-state index < -0.39 is 0 Å². The number of carbonyl (C=O) groups is 1. The van der Waals surface area contributed by atoms with Gasteiger partial charge >= 0.3 is 0 Å². The predicted molar refractivity (Wildman–Crippen MR) is 110 cm³/mol. The van der Waals surface area contributed by atoms with Crippen LogP contribution in [0.25, 0.3) is 0 Å². The van der Waals surface area contributed by atoms with Crippen molar-refractivity contribution < 1.29 is 18.7 Å². The molecule has 0 atom stereocenters. The summed E-state index contributed by atoms with van der Waals surface area (Å²) in [5.74, 6) is 1.78. The van der Waals surface area contributed by atoms with Gasteiger partial charge in [0.1, 0.15) is 5.76 Å². The number of hydrogen-bond acceptors (Lipinski definition) is 5. The summed E-state index contributed by atoms with van der Waals surface area (Å²) in [6.45, 7) is 4.68. The van der Waals surface area contributed by atoms with Gasteiger partial charge in [0.05, 0.1) is 33.6 Å². The first kappa shape index (κ1) is 19.8. The lowest BCUT2D eigenvalue weighted by atomic mass is 10.0. The fourth-order valence-electron chi connectivity index (χ4n) is 3.04. The Bertz CT molecular complexity index is 880. The molecule has 0 saturated heterocycles. The highest BCUT2D eigenvalue weighted by Crippen LogP contribution is 2.34. The SMILES string of the molecule is C=CCc1cc(C(=O)N(Cc2ccco2)Cc2cccs2)cc(OC)c1OC. The first-order chi connectivity index (χ1) is 13.7. The van der Waals surface area contributed by atoms with E-state index in [-0.39, 0.29) is 5.91 Å². The monoisotopic (exact) mass is 397 g/mol. The molecule has 2 heterocycles. The molecule has 0 N–H and O–H groups in total. The van der Waals surface area contributed by atoms with E-state index in [9.17, 15) is 4.79 Å². The Morgan fingerprint density at radius 2 is 2.07 bits per heavy atom.